The number of amides is 1. The number of para-hydroxylation sites is 2. The van der Waals surface area contributed by atoms with E-state index in [1.165, 1.54) is 4.90 Å². The van der Waals surface area contributed by atoms with Crippen LogP contribution in [0.4, 0.5) is 0 Å². The minimum absolute atomic E-state index is 0.0544. The van der Waals surface area contributed by atoms with Crippen molar-refractivity contribution in [3.05, 3.63) is 64.6 Å². The SMILES string of the molecule is CN(C[C@@H]1COc2ccccc2O1)C(=O)COC(=O)c1n[nH]c(=O)c2ccccc12. The van der Waals surface area contributed by atoms with Crippen LogP contribution in [0, 0.1) is 0 Å². The number of nitrogens with one attached hydrogen (secondary N) is 1. The number of rotatable bonds is 5. The van der Waals surface area contributed by atoms with Crippen molar-refractivity contribution in [1.29, 1.82) is 0 Å². The van der Waals surface area contributed by atoms with Crippen LogP contribution in [0.15, 0.2) is 53.3 Å². The largest absolute Gasteiger partial charge is 0.486 e. The second kappa shape index (κ2) is 8.24. The molecule has 1 aliphatic heterocycles. The number of benzene rings is 2. The van der Waals surface area contributed by atoms with Crippen molar-refractivity contribution in [3.63, 3.8) is 0 Å². The van der Waals surface area contributed by atoms with Gasteiger partial charge in [0.25, 0.3) is 11.5 Å². The van der Waals surface area contributed by atoms with Gasteiger partial charge >= 0.3 is 5.97 Å². The minimum atomic E-state index is -0.796. The molecular formula is C21H19N3O6. The Bertz CT molecular complexity index is 1160. The van der Waals surface area contributed by atoms with Crippen LogP contribution in [0.2, 0.25) is 0 Å². The Balaban J connectivity index is 1.35. The highest BCUT2D eigenvalue weighted by atomic mass is 16.6. The van der Waals surface area contributed by atoms with Crippen molar-refractivity contribution in [2.45, 2.75) is 6.10 Å². The average molecular weight is 409 g/mol. The fraction of sp³-hybridized carbons (Fsp3) is 0.238. The van der Waals surface area contributed by atoms with Crippen molar-refractivity contribution in [3.8, 4) is 11.5 Å². The van der Waals surface area contributed by atoms with Gasteiger partial charge in [0.05, 0.1) is 11.9 Å². The third-order valence-corrected chi connectivity index (χ3v) is 4.69. The zero-order valence-corrected chi connectivity index (χ0v) is 16.2. The van der Waals surface area contributed by atoms with E-state index in [0.717, 1.165) is 0 Å². The summed E-state index contributed by atoms with van der Waals surface area (Å²) in [6.07, 6.45) is -0.339. The van der Waals surface area contributed by atoms with E-state index in [0.29, 0.717) is 28.9 Å². The molecule has 0 radical (unpaired) electrons. The summed E-state index contributed by atoms with van der Waals surface area (Å²) in [5.74, 6) is 0.0873. The number of H-pyrrole nitrogens is 1. The number of hydrogen-bond donors (Lipinski definition) is 1. The van der Waals surface area contributed by atoms with Gasteiger partial charge in [0.15, 0.2) is 29.9 Å². The molecule has 0 aliphatic carbocycles. The molecule has 1 N–H and O–H groups in total. The number of esters is 1. The molecule has 0 saturated heterocycles. The molecule has 0 bridgehead atoms. The molecule has 1 aliphatic rings. The molecule has 9 heteroatoms. The second-order valence-electron chi connectivity index (χ2n) is 6.79. The molecule has 2 aromatic carbocycles. The maximum atomic E-state index is 12.4. The van der Waals surface area contributed by atoms with Crippen LogP contribution in [0.1, 0.15) is 10.5 Å². The Morgan fingerprint density at radius 1 is 1.13 bits per heavy atom. The fourth-order valence-electron chi connectivity index (χ4n) is 3.14. The summed E-state index contributed by atoms with van der Waals surface area (Å²) in [6, 6.07) is 13.8. The molecule has 1 aromatic heterocycles. The van der Waals surface area contributed by atoms with Crippen LogP contribution in [-0.4, -0.2) is 59.9 Å². The van der Waals surface area contributed by atoms with E-state index in [4.69, 9.17) is 14.2 Å². The van der Waals surface area contributed by atoms with Gasteiger partial charge in [-0.25, -0.2) is 9.89 Å². The topological polar surface area (TPSA) is 111 Å². The van der Waals surface area contributed by atoms with Gasteiger partial charge < -0.3 is 19.1 Å². The van der Waals surface area contributed by atoms with Gasteiger partial charge in [-0.2, -0.15) is 5.10 Å². The lowest BCUT2D eigenvalue weighted by atomic mass is 10.1. The van der Waals surface area contributed by atoms with Gasteiger partial charge in [0.2, 0.25) is 0 Å². The first-order chi connectivity index (χ1) is 14.5. The van der Waals surface area contributed by atoms with E-state index in [1.54, 1.807) is 37.4 Å². The van der Waals surface area contributed by atoms with E-state index < -0.39 is 24.0 Å². The smallest absolute Gasteiger partial charge is 0.359 e. The highest BCUT2D eigenvalue weighted by Crippen LogP contribution is 2.30. The highest BCUT2D eigenvalue weighted by molar-refractivity contribution is 6.02. The number of fused-ring (bicyclic) bond motifs is 2. The third kappa shape index (κ3) is 3.95. The predicted molar refractivity (Wildman–Crippen MR) is 107 cm³/mol. The molecule has 0 fully saturated rings. The normalized spacial score (nSPS) is 14.9. The molecule has 30 heavy (non-hydrogen) atoms. The Morgan fingerprint density at radius 2 is 1.83 bits per heavy atom. The maximum Gasteiger partial charge on any atom is 0.359 e. The van der Waals surface area contributed by atoms with Crippen molar-refractivity contribution >= 4 is 22.6 Å². The Morgan fingerprint density at radius 3 is 2.63 bits per heavy atom. The standard InChI is InChI=1S/C21H19N3O6/c1-24(10-13-11-28-16-8-4-5-9-17(16)30-13)18(25)12-29-21(27)19-14-6-2-3-7-15(14)20(26)23-22-19/h2-9,13H,10-12H2,1H3,(H,23,26)/t13-/m1/s1. The highest BCUT2D eigenvalue weighted by Gasteiger charge is 2.24. The quantitative estimate of drug-likeness (QED) is 0.634. The monoisotopic (exact) mass is 409 g/mol. The summed E-state index contributed by atoms with van der Waals surface area (Å²) in [4.78, 5) is 38.0. The van der Waals surface area contributed by atoms with Crippen LogP contribution in [0.3, 0.4) is 0 Å². The van der Waals surface area contributed by atoms with Crippen LogP contribution in [0.25, 0.3) is 10.8 Å². The molecule has 1 atom stereocenters. The Hall–Kier alpha value is -3.88. The van der Waals surface area contributed by atoms with E-state index >= 15 is 0 Å². The third-order valence-electron chi connectivity index (χ3n) is 4.69. The molecule has 0 unspecified atom stereocenters. The van der Waals surface area contributed by atoms with Gasteiger partial charge in [0.1, 0.15) is 6.61 Å². The summed E-state index contributed by atoms with van der Waals surface area (Å²) < 4.78 is 16.6. The van der Waals surface area contributed by atoms with Gasteiger partial charge in [-0.3, -0.25) is 9.59 Å². The number of hydrogen-bond acceptors (Lipinski definition) is 7. The zero-order chi connectivity index (χ0) is 21.1. The summed E-state index contributed by atoms with van der Waals surface area (Å²) in [6.45, 7) is 0.112. The first-order valence-corrected chi connectivity index (χ1v) is 9.30. The lowest BCUT2D eigenvalue weighted by molar-refractivity contribution is -0.134. The number of carbonyl (C=O) groups excluding carboxylic acids is 2. The lowest BCUT2D eigenvalue weighted by Gasteiger charge is -2.29. The number of aromatic nitrogens is 2. The molecule has 154 valence electrons. The predicted octanol–water partition coefficient (Wildman–Crippen LogP) is 1.38. The second-order valence-corrected chi connectivity index (χ2v) is 6.79. The molecular weight excluding hydrogens is 390 g/mol. The van der Waals surface area contributed by atoms with Gasteiger partial charge in [-0.15, -0.1) is 0 Å². The summed E-state index contributed by atoms with van der Waals surface area (Å²) in [7, 11) is 1.59. The summed E-state index contributed by atoms with van der Waals surface area (Å²) >= 11 is 0. The summed E-state index contributed by atoms with van der Waals surface area (Å²) in [5.41, 5.74) is -0.462. The molecule has 1 amide bonds. The van der Waals surface area contributed by atoms with Crippen LogP contribution in [-0.2, 0) is 9.53 Å². The fourth-order valence-corrected chi connectivity index (χ4v) is 3.14. The van der Waals surface area contributed by atoms with Gasteiger partial charge in [0, 0.05) is 12.4 Å². The minimum Gasteiger partial charge on any atom is -0.486 e. The molecule has 4 rings (SSSR count). The van der Waals surface area contributed by atoms with E-state index in [2.05, 4.69) is 10.2 Å². The summed E-state index contributed by atoms with van der Waals surface area (Å²) in [5, 5.41) is 6.71. The van der Waals surface area contributed by atoms with Gasteiger partial charge in [-0.1, -0.05) is 30.3 Å². The van der Waals surface area contributed by atoms with E-state index in [-0.39, 0.29) is 18.3 Å². The van der Waals surface area contributed by atoms with Crippen molar-refractivity contribution in [2.24, 2.45) is 0 Å². The number of carbonyl (C=O) groups is 2. The number of ether oxygens (including phenoxy) is 3. The van der Waals surface area contributed by atoms with E-state index in [9.17, 15) is 14.4 Å². The molecule has 2 heterocycles. The Kier molecular flexibility index (Phi) is 5.34. The number of aromatic amines is 1. The molecule has 9 nitrogen and oxygen atoms in total. The maximum absolute atomic E-state index is 12.4. The van der Waals surface area contributed by atoms with Crippen LogP contribution >= 0.6 is 0 Å². The molecule has 3 aromatic rings. The van der Waals surface area contributed by atoms with E-state index in [1.807, 2.05) is 18.2 Å². The van der Waals surface area contributed by atoms with Crippen LogP contribution < -0.4 is 15.0 Å². The number of likely N-dealkylation sites (N-methyl/N-ethyl adjacent to an activating group) is 1. The zero-order valence-electron chi connectivity index (χ0n) is 16.2. The first-order valence-electron chi connectivity index (χ1n) is 9.30. The van der Waals surface area contributed by atoms with Gasteiger partial charge in [-0.05, 0) is 18.2 Å². The average Bonchev–Trinajstić information content (AvgIpc) is 2.77. The Labute approximate surface area is 171 Å². The van der Waals surface area contributed by atoms with Crippen LogP contribution in [0.5, 0.6) is 11.5 Å². The molecule has 0 saturated carbocycles. The first kappa shape index (κ1) is 19.4. The van der Waals surface area contributed by atoms with Crippen molar-refractivity contribution in [2.75, 3.05) is 26.8 Å². The number of nitrogens with zero attached hydrogens (tertiary/aromatic N) is 2. The molecule has 0 spiro atoms. The van der Waals surface area contributed by atoms with Crippen molar-refractivity contribution in [1.82, 2.24) is 15.1 Å². The lowest BCUT2D eigenvalue weighted by Crippen LogP contribution is -2.43. The van der Waals surface area contributed by atoms with Crippen molar-refractivity contribution < 1.29 is 23.8 Å².